The van der Waals surface area contributed by atoms with E-state index in [2.05, 4.69) is 4.98 Å². The summed E-state index contributed by atoms with van der Waals surface area (Å²) in [4.78, 5) is 16.6. The number of carbonyl (C=O) groups excluding carboxylic acids is 1. The van der Waals surface area contributed by atoms with Crippen LogP contribution in [0.2, 0.25) is 0 Å². The Kier molecular flexibility index (Phi) is 4.63. The third-order valence-corrected chi connectivity index (χ3v) is 4.74. The van der Waals surface area contributed by atoms with E-state index in [0.29, 0.717) is 5.56 Å². The van der Waals surface area contributed by atoms with E-state index < -0.39 is 23.3 Å². The summed E-state index contributed by atoms with van der Waals surface area (Å²) >= 11 is 0.801. The molecule has 0 spiro atoms. The Hall–Kier alpha value is -2.61. The number of fused-ring (bicyclic) bond motifs is 1. The molecule has 0 saturated carbocycles. The molecular formula is C19H17F3N2O2S. The highest BCUT2D eigenvalue weighted by Gasteiger charge is 2.36. The van der Waals surface area contributed by atoms with Gasteiger partial charge in [-0.2, -0.15) is 13.2 Å². The molecule has 0 radical (unpaired) electrons. The van der Waals surface area contributed by atoms with Crippen LogP contribution in [0.4, 0.5) is 18.9 Å². The number of halogens is 3. The van der Waals surface area contributed by atoms with Gasteiger partial charge >= 0.3 is 12.1 Å². The molecule has 0 amide bonds. The maximum absolute atomic E-state index is 13.7. The maximum Gasteiger partial charge on any atom is 0.417 e. The fraction of sp³-hybridized carbons (Fsp3) is 0.263. The number of anilines is 1. The number of ether oxygens (including phenoxy) is 1. The van der Waals surface area contributed by atoms with Crippen molar-refractivity contribution in [3.05, 3.63) is 46.8 Å². The van der Waals surface area contributed by atoms with E-state index in [4.69, 9.17) is 10.5 Å². The van der Waals surface area contributed by atoms with Crippen molar-refractivity contribution < 1.29 is 22.7 Å². The van der Waals surface area contributed by atoms with E-state index in [1.54, 1.807) is 51.1 Å². The Balaban J connectivity index is 2.24. The minimum Gasteiger partial charge on any atom is -0.456 e. The zero-order valence-corrected chi connectivity index (χ0v) is 15.7. The van der Waals surface area contributed by atoms with E-state index in [1.165, 1.54) is 0 Å². The monoisotopic (exact) mass is 394 g/mol. The molecule has 0 unspecified atom stereocenters. The van der Waals surface area contributed by atoms with Crippen molar-refractivity contribution in [1.29, 1.82) is 0 Å². The molecule has 0 fully saturated rings. The van der Waals surface area contributed by atoms with Gasteiger partial charge in [0.2, 0.25) is 0 Å². The first kappa shape index (κ1) is 19.2. The number of esters is 1. The highest BCUT2D eigenvalue weighted by atomic mass is 32.1. The third-order valence-electron chi connectivity index (χ3n) is 3.66. The van der Waals surface area contributed by atoms with Crippen LogP contribution < -0.4 is 5.73 Å². The van der Waals surface area contributed by atoms with Gasteiger partial charge in [0.25, 0.3) is 0 Å². The maximum atomic E-state index is 13.7. The van der Waals surface area contributed by atoms with E-state index in [9.17, 15) is 18.0 Å². The lowest BCUT2D eigenvalue weighted by Crippen LogP contribution is -2.23. The van der Waals surface area contributed by atoms with Crippen molar-refractivity contribution in [3.63, 3.8) is 0 Å². The predicted octanol–water partition coefficient (Wildman–Crippen LogP) is 5.52. The molecule has 3 aromatic rings. The van der Waals surface area contributed by atoms with Crippen LogP contribution in [0.5, 0.6) is 0 Å². The lowest BCUT2D eigenvalue weighted by molar-refractivity contribution is -0.136. The van der Waals surface area contributed by atoms with Gasteiger partial charge in [0, 0.05) is 10.9 Å². The molecule has 2 heterocycles. The van der Waals surface area contributed by atoms with Crippen LogP contribution in [0.1, 0.15) is 36.0 Å². The average molecular weight is 394 g/mol. The molecule has 0 aliphatic heterocycles. The molecule has 142 valence electrons. The molecule has 0 aliphatic rings. The number of rotatable bonds is 2. The van der Waals surface area contributed by atoms with E-state index in [1.807, 2.05) is 0 Å². The van der Waals surface area contributed by atoms with Gasteiger partial charge in [-0.05, 0) is 26.8 Å². The lowest BCUT2D eigenvalue weighted by Gasteiger charge is -2.19. The number of alkyl halides is 3. The van der Waals surface area contributed by atoms with Gasteiger partial charge in [-0.3, -0.25) is 0 Å². The molecular weight excluding hydrogens is 377 g/mol. The number of hydrogen-bond acceptors (Lipinski definition) is 5. The topological polar surface area (TPSA) is 65.2 Å². The minimum atomic E-state index is -4.65. The molecule has 2 N–H and O–H groups in total. The Morgan fingerprint density at radius 2 is 1.78 bits per heavy atom. The number of nitrogens with zero attached hydrogens (tertiary/aromatic N) is 1. The SMILES string of the molecule is CC(C)(C)OC(=O)c1sc2nc(-c3ccccc3)cc(C(F)(F)F)c2c1N. The Morgan fingerprint density at radius 1 is 1.15 bits per heavy atom. The van der Waals surface area contributed by atoms with Gasteiger partial charge in [-0.15, -0.1) is 11.3 Å². The van der Waals surface area contributed by atoms with E-state index in [-0.39, 0.29) is 26.5 Å². The second-order valence-corrected chi connectivity index (χ2v) is 7.94. The van der Waals surface area contributed by atoms with Crippen LogP contribution in [0.15, 0.2) is 36.4 Å². The number of carbonyl (C=O) groups is 1. The molecule has 0 saturated heterocycles. The molecule has 0 bridgehead atoms. The zero-order chi connectivity index (χ0) is 20.0. The lowest BCUT2D eigenvalue weighted by atomic mass is 10.1. The van der Waals surface area contributed by atoms with Crippen molar-refractivity contribution in [2.75, 3.05) is 5.73 Å². The molecule has 0 aliphatic carbocycles. The fourth-order valence-electron chi connectivity index (χ4n) is 2.58. The summed E-state index contributed by atoms with van der Waals surface area (Å²) < 4.78 is 46.3. The van der Waals surface area contributed by atoms with Crippen LogP contribution in [0, 0.1) is 0 Å². The predicted molar refractivity (Wildman–Crippen MR) is 99.6 cm³/mol. The standard InChI is InChI=1S/C19H17F3N2O2S/c1-18(2,3)26-17(25)15-14(23)13-11(19(20,21)22)9-12(24-16(13)27-15)10-7-5-4-6-8-10/h4-9H,23H2,1-3H3. The van der Waals surface area contributed by atoms with Crippen molar-refractivity contribution >= 4 is 33.2 Å². The number of hydrogen-bond donors (Lipinski definition) is 1. The van der Waals surface area contributed by atoms with Gasteiger partial charge < -0.3 is 10.5 Å². The largest absolute Gasteiger partial charge is 0.456 e. The van der Waals surface area contributed by atoms with Crippen molar-refractivity contribution in [2.45, 2.75) is 32.5 Å². The summed E-state index contributed by atoms with van der Waals surface area (Å²) in [6.07, 6.45) is -4.65. The first-order valence-electron chi connectivity index (χ1n) is 8.06. The number of nitrogen functional groups attached to an aromatic ring is 1. The number of nitrogens with two attached hydrogens (primary N) is 1. The Labute approximate surface area is 157 Å². The average Bonchev–Trinajstić information content (AvgIpc) is 2.89. The second kappa shape index (κ2) is 6.53. The molecule has 2 aromatic heterocycles. The molecule has 1 aromatic carbocycles. The number of pyridine rings is 1. The summed E-state index contributed by atoms with van der Waals surface area (Å²) in [5.74, 6) is -0.766. The zero-order valence-electron chi connectivity index (χ0n) is 14.8. The highest BCUT2D eigenvalue weighted by molar-refractivity contribution is 7.21. The first-order chi connectivity index (χ1) is 12.5. The number of thiophene rings is 1. The van der Waals surface area contributed by atoms with Gasteiger partial charge in [-0.25, -0.2) is 9.78 Å². The van der Waals surface area contributed by atoms with Gasteiger partial charge in [0.15, 0.2) is 0 Å². The van der Waals surface area contributed by atoms with Crippen LogP contribution in [0.3, 0.4) is 0 Å². The Bertz CT molecular complexity index is 1010. The molecule has 27 heavy (non-hydrogen) atoms. The van der Waals surface area contributed by atoms with E-state index in [0.717, 1.165) is 17.4 Å². The van der Waals surface area contributed by atoms with Gasteiger partial charge in [0.1, 0.15) is 15.3 Å². The summed E-state index contributed by atoms with van der Waals surface area (Å²) in [6.45, 7) is 5.00. The van der Waals surface area contributed by atoms with Crippen molar-refractivity contribution in [2.24, 2.45) is 0 Å². The van der Waals surface area contributed by atoms with Crippen LogP contribution in [0.25, 0.3) is 21.5 Å². The Morgan fingerprint density at radius 3 is 2.33 bits per heavy atom. The van der Waals surface area contributed by atoms with Crippen LogP contribution >= 0.6 is 11.3 Å². The second-order valence-electron chi connectivity index (χ2n) is 6.95. The number of benzene rings is 1. The van der Waals surface area contributed by atoms with Gasteiger partial charge in [0.05, 0.1) is 16.9 Å². The minimum absolute atomic E-state index is 0.0436. The molecule has 0 atom stereocenters. The van der Waals surface area contributed by atoms with Gasteiger partial charge in [-0.1, -0.05) is 30.3 Å². The summed E-state index contributed by atoms with van der Waals surface area (Å²) in [7, 11) is 0. The van der Waals surface area contributed by atoms with E-state index >= 15 is 0 Å². The third kappa shape index (κ3) is 3.90. The summed E-state index contributed by atoms with van der Waals surface area (Å²) in [5, 5.41) is -0.270. The number of aromatic nitrogens is 1. The molecule has 3 rings (SSSR count). The van der Waals surface area contributed by atoms with Crippen molar-refractivity contribution in [1.82, 2.24) is 4.98 Å². The summed E-state index contributed by atoms with van der Waals surface area (Å²) in [6, 6.07) is 9.48. The fourth-order valence-corrected chi connectivity index (χ4v) is 3.57. The van der Waals surface area contributed by atoms with Crippen LogP contribution in [-0.4, -0.2) is 16.6 Å². The van der Waals surface area contributed by atoms with Crippen molar-refractivity contribution in [3.8, 4) is 11.3 Å². The first-order valence-corrected chi connectivity index (χ1v) is 8.88. The van der Waals surface area contributed by atoms with Crippen LogP contribution in [-0.2, 0) is 10.9 Å². The quantitative estimate of drug-likeness (QED) is 0.581. The molecule has 4 nitrogen and oxygen atoms in total. The molecule has 8 heteroatoms. The normalized spacial score (nSPS) is 12.4. The summed E-state index contributed by atoms with van der Waals surface area (Å²) in [5.41, 5.74) is 4.63. The smallest absolute Gasteiger partial charge is 0.417 e. The highest BCUT2D eigenvalue weighted by Crippen LogP contribution is 2.43.